The molecule has 5 heteroatoms. The molecular formula is C21H24N2O2S. The fourth-order valence-electron chi connectivity index (χ4n) is 2.76. The van der Waals surface area contributed by atoms with Gasteiger partial charge in [0.1, 0.15) is 0 Å². The zero-order valence-electron chi connectivity index (χ0n) is 14.9. The van der Waals surface area contributed by atoms with Crippen LogP contribution < -0.4 is 10.6 Å². The van der Waals surface area contributed by atoms with Crippen LogP contribution in [0, 0.1) is 11.8 Å². The predicted octanol–water partition coefficient (Wildman–Crippen LogP) is 3.94. The van der Waals surface area contributed by atoms with Crippen LogP contribution in [0.1, 0.15) is 29.3 Å². The summed E-state index contributed by atoms with van der Waals surface area (Å²) in [5, 5.41) is 5.84. The third-order valence-electron chi connectivity index (χ3n) is 4.48. The first-order valence-electron chi connectivity index (χ1n) is 8.94. The maximum atomic E-state index is 12.3. The molecule has 26 heavy (non-hydrogen) atoms. The van der Waals surface area contributed by atoms with Crippen molar-refractivity contribution in [2.45, 2.75) is 19.1 Å². The van der Waals surface area contributed by atoms with Gasteiger partial charge in [0, 0.05) is 35.2 Å². The Kier molecular flexibility index (Phi) is 6.34. The van der Waals surface area contributed by atoms with Gasteiger partial charge in [-0.2, -0.15) is 11.8 Å². The third-order valence-corrected chi connectivity index (χ3v) is 5.51. The molecule has 0 saturated heterocycles. The molecular weight excluding hydrogens is 344 g/mol. The summed E-state index contributed by atoms with van der Waals surface area (Å²) < 4.78 is 0. The van der Waals surface area contributed by atoms with E-state index in [2.05, 4.69) is 29.7 Å². The zero-order chi connectivity index (χ0) is 18.4. The topological polar surface area (TPSA) is 58.2 Å². The van der Waals surface area contributed by atoms with Gasteiger partial charge in [-0.1, -0.05) is 43.3 Å². The lowest BCUT2D eigenvalue weighted by atomic mass is 10.2. The Balaban J connectivity index is 1.41. The number of nitrogens with one attached hydrogen (secondary N) is 2. The Morgan fingerprint density at radius 1 is 1.12 bits per heavy atom. The quantitative estimate of drug-likeness (QED) is 0.694. The van der Waals surface area contributed by atoms with Crippen LogP contribution in [0.2, 0.25) is 0 Å². The lowest BCUT2D eigenvalue weighted by Gasteiger charge is -2.08. The molecule has 2 atom stereocenters. The molecule has 0 heterocycles. The number of carbonyl (C=O) groups is 2. The minimum Gasteiger partial charge on any atom is -0.351 e. The van der Waals surface area contributed by atoms with E-state index in [-0.39, 0.29) is 17.7 Å². The molecule has 2 unspecified atom stereocenters. The van der Waals surface area contributed by atoms with Gasteiger partial charge >= 0.3 is 0 Å². The zero-order valence-corrected chi connectivity index (χ0v) is 15.7. The van der Waals surface area contributed by atoms with Crippen molar-refractivity contribution in [3.05, 3.63) is 65.7 Å². The summed E-state index contributed by atoms with van der Waals surface area (Å²) in [7, 11) is 0. The second-order valence-corrected chi connectivity index (χ2v) is 7.79. The van der Waals surface area contributed by atoms with E-state index in [1.54, 1.807) is 30.0 Å². The normalized spacial score (nSPS) is 18.2. The number of benzene rings is 2. The van der Waals surface area contributed by atoms with E-state index in [1.807, 2.05) is 24.3 Å². The van der Waals surface area contributed by atoms with Crippen molar-refractivity contribution < 1.29 is 9.59 Å². The van der Waals surface area contributed by atoms with Gasteiger partial charge in [-0.3, -0.25) is 9.59 Å². The Bertz CT molecular complexity index is 764. The van der Waals surface area contributed by atoms with Gasteiger partial charge in [0.25, 0.3) is 5.91 Å². The first-order valence-corrected chi connectivity index (χ1v) is 10.1. The van der Waals surface area contributed by atoms with E-state index in [0.29, 0.717) is 23.7 Å². The second kappa shape index (κ2) is 8.90. The number of anilines is 1. The number of amides is 2. The van der Waals surface area contributed by atoms with Crippen LogP contribution in [0.15, 0.2) is 54.6 Å². The van der Waals surface area contributed by atoms with Crippen molar-refractivity contribution in [3.8, 4) is 0 Å². The molecule has 0 radical (unpaired) electrons. The van der Waals surface area contributed by atoms with E-state index in [4.69, 9.17) is 0 Å². The van der Waals surface area contributed by atoms with Crippen LogP contribution in [0.5, 0.6) is 0 Å². The molecule has 3 rings (SSSR count). The largest absolute Gasteiger partial charge is 0.351 e. The average Bonchev–Trinajstić information content (AvgIpc) is 3.39. The molecule has 136 valence electrons. The van der Waals surface area contributed by atoms with Crippen LogP contribution in [0.25, 0.3) is 0 Å². The molecule has 0 aromatic heterocycles. The number of rotatable bonds is 8. The van der Waals surface area contributed by atoms with Crippen molar-refractivity contribution in [1.29, 1.82) is 0 Å². The lowest BCUT2D eigenvalue weighted by Crippen LogP contribution is -2.26. The van der Waals surface area contributed by atoms with Crippen LogP contribution in [0.4, 0.5) is 5.69 Å². The molecule has 0 spiro atoms. The molecule has 1 aliphatic carbocycles. The summed E-state index contributed by atoms with van der Waals surface area (Å²) in [6.45, 7) is 2.69. The van der Waals surface area contributed by atoms with E-state index in [1.165, 1.54) is 5.56 Å². The van der Waals surface area contributed by atoms with Crippen LogP contribution >= 0.6 is 11.8 Å². The smallest absolute Gasteiger partial charge is 0.251 e. The highest BCUT2D eigenvalue weighted by Gasteiger charge is 2.39. The van der Waals surface area contributed by atoms with Gasteiger partial charge < -0.3 is 10.6 Å². The molecule has 1 saturated carbocycles. The van der Waals surface area contributed by atoms with E-state index in [0.717, 1.165) is 17.9 Å². The highest BCUT2D eigenvalue weighted by atomic mass is 32.2. The Labute approximate surface area is 158 Å². The third kappa shape index (κ3) is 5.36. The minimum absolute atomic E-state index is 0.0485. The van der Waals surface area contributed by atoms with Gasteiger partial charge in [0.05, 0.1) is 0 Å². The summed E-state index contributed by atoms with van der Waals surface area (Å²) in [6.07, 6.45) is 0.951. The number of hydrogen-bond donors (Lipinski definition) is 2. The summed E-state index contributed by atoms with van der Waals surface area (Å²) in [6, 6.07) is 17.4. The van der Waals surface area contributed by atoms with Gasteiger partial charge in [-0.25, -0.2) is 0 Å². The lowest BCUT2D eigenvalue weighted by molar-refractivity contribution is -0.117. The van der Waals surface area contributed by atoms with Crippen molar-refractivity contribution in [3.63, 3.8) is 0 Å². The van der Waals surface area contributed by atoms with E-state index in [9.17, 15) is 9.59 Å². The second-order valence-electron chi connectivity index (χ2n) is 6.68. The van der Waals surface area contributed by atoms with Gasteiger partial charge in [-0.15, -0.1) is 0 Å². The van der Waals surface area contributed by atoms with Crippen molar-refractivity contribution >= 4 is 29.3 Å². The number of hydrogen-bond acceptors (Lipinski definition) is 3. The molecule has 0 aliphatic heterocycles. The SMILES string of the molecule is CC1CC1C(=O)Nc1cccc(C(=O)NCCSCc2ccccc2)c1. The standard InChI is InChI=1S/C21H24N2O2S/c1-15-12-19(15)21(25)23-18-9-5-8-17(13-18)20(24)22-10-11-26-14-16-6-3-2-4-7-16/h2-9,13,15,19H,10-12,14H2,1H3,(H,22,24)(H,23,25). The number of carbonyl (C=O) groups excluding carboxylic acids is 2. The molecule has 1 fully saturated rings. The van der Waals surface area contributed by atoms with Crippen LogP contribution in [0.3, 0.4) is 0 Å². The number of thioether (sulfide) groups is 1. The molecule has 1 aliphatic rings. The van der Waals surface area contributed by atoms with Gasteiger partial charge in [0.2, 0.25) is 5.91 Å². The summed E-state index contributed by atoms with van der Waals surface area (Å²) in [5.74, 6) is 2.33. The fraction of sp³-hybridized carbons (Fsp3) is 0.333. The highest BCUT2D eigenvalue weighted by molar-refractivity contribution is 7.98. The highest BCUT2D eigenvalue weighted by Crippen LogP contribution is 2.38. The Hall–Kier alpha value is -2.27. The Morgan fingerprint density at radius 3 is 2.62 bits per heavy atom. The molecule has 2 amide bonds. The molecule has 0 bridgehead atoms. The van der Waals surface area contributed by atoms with Crippen molar-refractivity contribution in [2.75, 3.05) is 17.6 Å². The maximum Gasteiger partial charge on any atom is 0.251 e. The first-order chi connectivity index (χ1) is 12.6. The van der Waals surface area contributed by atoms with Crippen molar-refractivity contribution in [2.24, 2.45) is 11.8 Å². The molecule has 2 aromatic carbocycles. The minimum atomic E-state index is -0.110. The maximum absolute atomic E-state index is 12.3. The van der Waals surface area contributed by atoms with Gasteiger partial charge in [0.15, 0.2) is 0 Å². The molecule has 4 nitrogen and oxygen atoms in total. The summed E-state index contributed by atoms with van der Waals surface area (Å²) in [5.41, 5.74) is 2.54. The van der Waals surface area contributed by atoms with Crippen molar-refractivity contribution in [1.82, 2.24) is 5.32 Å². The monoisotopic (exact) mass is 368 g/mol. The molecule has 2 N–H and O–H groups in total. The predicted molar refractivity (Wildman–Crippen MR) is 107 cm³/mol. The van der Waals surface area contributed by atoms with E-state index < -0.39 is 0 Å². The van der Waals surface area contributed by atoms with Crippen LogP contribution in [-0.2, 0) is 10.5 Å². The first kappa shape index (κ1) is 18.5. The van der Waals surface area contributed by atoms with Crippen LogP contribution in [-0.4, -0.2) is 24.1 Å². The van der Waals surface area contributed by atoms with Gasteiger partial charge in [-0.05, 0) is 36.1 Å². The van der Waals surface area contributed by atoms with E-state index >= 15 is 0 Å². The summed E-state index contributed by atoms with van der Waals surface area (Å²) >= 11 is 1.79. The summed E-state index contributed by atoms with van der Waals surface area (Å²) in [4.78, 5) is 24.3. The fourth-order valence-corrected chi connectivity index (χ4v) is 3.58. The Morgan fingerprint density at radius 2 is 1.88 bits per heavy atom. The average molecular weight is 369 g/mol. The molecule has 2 aromatic rings.